The van der Waals surface area contributed by atoms with Gasteiger partial charge in [0.05, 0.1) is 7.11 Å². The molecule has 4 nitrogen and oxygen atoms in total. The maximum absolute atomic E-state index is 11.6. The molecule has 0 aromatic heterocycles. The lowest BCUT2D eigenvalue weighted by Crippen LogP contribution is -2.48. The number of nitrogens with two attached hydrogens (primary N) is 1. The fourth-order valence-electron chi connectivity index (χ4n) is 2.07. The monoisotopic (exact) mass is 264 g/mol. The summed E-state index contributed by atoms with van der Waals surface area (Å²) in [5.74, 6) is -0.367. The number of hydrogen-bond acceptors (Lipinski definition) is 4. The molecule has 1 aromatic carbocycles. The lowest BCUT2D eigenvalue weighted by atomic mass is 9.99. The Morgan fingerprint density at radius 1 is 1.42 bits per heavy atom. The second-order valence-corrected chi connectivity index (χ2v) is 5.03. The zero-order chi connectivity index (χ0) is 14.5. The number of methoxy groups -OCH3 is 1. The topological polar surface area (TPSA) is 55.6 Å². The Balaban J connectivity index is 2.74. The number of esters is 1. The zero-order valence-electron chi connectivity index (χ0n) is 12.3. The summed E-state index contributed by atoms with van der Waals surface area (Å²) in [4.78, 5) is 13.8. The van der Waals surface area contributed by atoms with Crippen LogP contribution in [-0.2, 0) is 9.53 Å². The molecule has 19 heavy (non-hydrogen) atoms. The molecule has 2 N–H and O–H groups in total. The Hall–Kier alpha value is -1.55. The molecule has 0 spiro atoms. The number of hydrogen-bond donors (Lipinski definition) is 1. The van der Waals surface area contributed by atoms with Crippen LogP contribution in [0.1, 0.15) is 25.8 Å². The van der Waals surface area contributed by atoms with E-state index < -0.39 is 5.54 Å². The number of aryl methyl sites for hydroxylation is 1. The normalized spacial score (nSPS) is 13.7. The first-order valence-corrected chi connectivity index (χ1v) is 6.60. The van der Waals surface area contributed by atoms with E-state index in [1.807, 2.05) is 12.1 Å². The Labute approximate surface area is 115 Å². The van der Waals surface area contributed by atoms with Crippen LogP contribution >= 0.6 is 0 Å². The number of ether oxygens (including phenoxy) is 1. The summed E-state index contributed by atoms with van der Waals surface area (Å²) in [6.07, 6.45) is 0.557. The average molecular weight is 264 g/mol. The highest BCUT2D eigenvalue weighted by Gasteiger charge is 2.29. The van der Waals surface area contributed by atoms with Crippen molar-refractivity contribution in [2.24, 2.45) is 5.73 Å². The number of carbonyl (C=O) groups is 1. The SMILES string of the molecule is CCN(CCC(C)(N)C(=O)OC)c1ccccc1C. The number of rotatable bonds is 6. The van der Waals surface area contributed by atoms with E-state index in [9.17, 15) is 4.79 Å². The minimum atomic E-state index is -0.940. The fourth-order valence-corrected chi connectivity index (χ4v) is 2.07. The van der Waals surface area contributed by atoms with Gasteiger partial charge in [-0.15, -0.1) is 0 Å². The highest BCUT2D eigenvalue weighted by atomic mass is 16.5. The van der Waals surface area contributed by atoms with Crippen LogP contribution in [0.25, 0.3) is 0 Å². The second-order valence-electron chi connectivity index (χ2n) is 5.03. The molecule has 1 rings (SSSR count). The summed E-state index contributed by atoms with van der Waals surface area (Å²) in [7, 11) is 1.37. The van der Waals surface area contributed by atoms with E-state index in [-0.39, 0.29) is 5.97 Å². The molecular weight excluding hydrogens is 240 g/mol. The molecule has 0 bridgehead atoms. The van der Waals surface area contributed by atoms with Crippen LogP contribution in [0.15, 0.2) is 24.3 Å². The van der Waals surface area contributed by atoms with Crippen molar-refractivity contribution in [3.63, 3.8) is 0 Å². The van der Waals surface area contributed by atoms with Crippen LogP contribution in [0.5, 0.6) is 0 Å². The number of nitrogens with zero attached hydrogens (tertiary/aromatic N) is 1. The summed E-state index contributed by atoms with van der Waals surface area (Å²) in [6.45, 7) is 7.49. The average Bonchev–Trinajstić information content (AvgIpc) is 2.40. The highest BCUT2D eigenvalue weighted by molar-refractivity contribution is 5.79. The Morgan fingerprint density at radius 2 is 2.05 bits per heavy atom. The second kappa shape index (κ2) is 6.57. The maximum atomic E-state index is 11.6. The molecule has 1 unspecified atom stereocenters. The third-order valence-electron chi connectivity index (χ3n) is 3.39. The van der Waals surface area contributed by atoms with Crippen LogP contribution in [0.3, 0.4) is 0 Å². The van der Waals surface area contributed by atoms with E-state index in [4.69, 9.17) is 10.5 Å². The minimum absolute atomic E-state index is 0.367. The molecule has 1 atom stereocenters. The van der Waals surface area contributed by atoms with E-state index in [1.165, 1.54) is 18.4 Å². The molecule has 0 aliphatic rings. The van der Waals surface area contributed by atoms with Gasteiger partial charge in [0.25, 0.3) is 0 Å². The van der Waals surface area contributed by atoms with Gasteiger partial charge in [0, 0.05) is 18.8 Å². The number of carbonyl (C=O) groups excluding carboxylic acids is 1. The Kier molecular flexibility index (Phi) is 5.36. The lowest BCUT2D eigenvalue weighted by molar-refractivity contribution is -0.146. The summed E-state index contributed by atoms with van der Waals surface area (Å²) < 4.78 is 4.73. The van der Waals surface area contributed by atoms with Crippen molar-refractivity contribution >= 4 is 11.7 Å². The van der Waals surface area contributed by atoms with Gasteiger partial charge in [-0.3, -0.25) is 4.79 Å². The number of anilines is 1. The molecule has 0 aliphatic carbocycles. The molecule has 0 aliphatic heterocycles. The van der Waals surface area contributed by atoms with Crippen LogP contribution in [0.4, 0.5) is 5.69 Å². The predicted molar refractivity (Wildman–Crippen MR) is 78.3 cm³/mol. The first-order valence-electron chi connectivity index (χ1n) is 6.60. The highest BCUT2D eigenvalue weighted by Crippen LogP contribution is 2.20. The van der Waals surface area contributed by atoms with Crippen LogP contribution < -0.4 is 10.6 Å². The van der Waals surface area contributed by atoms with Crippen molar-refractivity contribution in [3.05, 3.63) is 29.8 Å². The first kappa shape index (κ1) is 15.5. The molecule has 1 aromatic rings. The van der Waals surface area contributed by atoms with E-state index >= 15 is 0 Å². The largest absolute Gasteiger partial charge is 0.468 e. The smallest absolute Gasteiger partial charge is 0.325 e. The van der Waals surface area contributed by atoms with Gasteiger partial charge < -0.3 is 15.4 Å². The van der Waals surface area contributed by atoms with E-state index in [0.717, 1.165) is 13.1 Å². The molecule has 0 radical (unpaired) electrons. The van der Waals surface area contributed by atoms with Gasteiger partial charge in [-0.2, -0.15) is 0 Å². The van der Waals surface area contributed by atoms with Gasteiger partial charge in [0.2, 0.25) is 0 Å². The standard InChI is InChI=1S/C15H24N2O2/c1-5-17(13-9-7-6-8-12(13)2)11-10-15(3,16)14(18)19-4/h6-9H,5,10-11,16H2,1-4H3. The van der Waals surface area contributed by atoms with Crippen molar-refractivity contribution in [1.29, 1.82) is 0 Å². The van der Waals surface area contributed by atoms with E-state index in [1.54, 1.807) is 6.92 Å². The van der Waals surface area contributed by atoms with Crippen molar-refractivity contribution in [3.8, 4) is 0 Å². The van der Waals surface area contributed by atoms with Gasteiger partial charge in [-0.1, -0.05) is 18.2 Å². The predicted octanol–water partition coefficient (Wildman–Crippen LogP) is 2.10. The van der Waals surface area contributed by atoms with Crippen molar-refractivity contribution in [2.45, 2.75) is 32.7 Å². The molecule has 0 amide bonds. The van der Waals surface area contributed by atoms with Crippen LogP contribution in [0.2, 0.25) is 0 Å². The molecule has 106 valence electrons. The summed E-state index contributed by atoms with van der Waals surface area (Å²) in [5.41, 5.74) is 7.46. The maximum Gasteiger partial charge on any atom is 0.325 e. The molecular formula is C15H24N2O2. The summed E-state index contributed by atoms with van der Waals surface area (Å²) in [5, 5.41) is 0. The lowest BCUT2D eigenvalue weighted by Gasteiger charge is -2.29. The summed E-state index contributed by atoms with van der Waals surface area (Å²) in [6, 6.07) is 8.21. The molecule has 0 fully saturated rings. The van der Waals surface area contributed by atoms with Gasteiger partial charge >= 0.3 is 5.97 Å². The Morgan fingerprint density at radius 3 is 2.58 bits per heavy atom. The van der Waals surface area contributed by atoms with Gasteiger partial charge in [0.1, 0.15) is 5.54 Å². The number of benzene rings is 1. The molecule has 0 heterocycles. The third-order valence-corrected chi connectivity index (χ3v) is 3.39. The Bertz CT molecular complexity index is 430. The molecule has 0 saturated heterocycles. The van der Waals surface area contributed by atoms with Crippen molar-refractivity contribution in [2.75, 3.05) is 25.1 Å². The van der Waals surface area contributed by atoms with Crippen molar-refractivity contribution in [1.82, 2.24) is 0 Å². The first-order chi connectivity index (χ1) is 8.92. The third kappa shape index (κ3) is 3.96. The fraction of sp³-hybridized carbons (Fsp3) is 0.533. The summed E-state index contributed by atoms with van der Waals surface area (Å²) >= 11 is 0. The van der Waals surface area contributed by atoms with Gasteiger partial charge in [-0.25, -0.2) is 0 Å². The van der Waals surface area contributed by atoms with Gasteiger partial charge in [-0.05, 0) is 38.8 Å². The molecule has 4 heteroatoms. The zero-order valence-corrected chi connectivity index (χ0v) is 12.3. The quantitative estimate of drug-likeness (QED) is 0.799. The minimum Gasteiger partial charge on any atom is -0.468 e. The van der Waals surface area contributed by atoms with Gasteiger partial charge in [0.15, 0.2) is 0 Å². The van der Waals surface area contributed by atoms with Crippen LogP contribution in [-0.4, -0.2) is 31.7 Å². The van der Waals surface area contributed by atoms with Crippen molar-refractivity contribution < 1.29 is 9.53 Å². The number of para-hydroxylation sites is 1. The van der Waals surface area contributed by atoms with Crippen LogP contribution in [0, 0.1) is 6.92 Å². The molecule has 0 saturated carbocycles. The van der Waals surface area contributed by atoms with E-state index in [0.29, 0.717) is 6.42 Å². The van der Waals surface area contributed by atoms with E-state index in [2.05, 4.69) is 30.9 Å².